The van der Waals surface area contributed by atoms with Crippen LogP contribution in [0.25, 0.3) is 0 Å². The fourth-order valence-corrected chi connectivity index (χ4v) is 4.17. The van der Waals surface area contributed by atoms with Crippen LogP contribution in [0.1, 0.15) is 71.8 Å². The van der Waals surface area contributed by atoms with E-state index in [0.717, 1.165) is 48.9 Å². The number of carbonyl (C=O) groups excluding carboxylic acids is 2. The van der Waals surface area contributed by atoms with E-state index in [1.807, 2.05) is 29.2 Å². The van der Waals surface area contributed by atoms with E-state index in [2.05, 4.69) is 54.3 Å². The number of benzene rings is 1. The first-order valence-corrected chi connectivity index (χ1v) is 13.3. The molecule has 7 heteroatoms. The lowest BCUT2D eigenvalue weighted by Crippen LogP contribution is -2.48. The van der Waals surface area contributed by atoms with E-state index in [9.17, 15) is 14.7 Å². The Balaban J connectivity index is 2.63. The van der Waals surface area contributed by atoms with Crippen molar-refractivity contribution < 1.29 is 14.7 Å². The number of nitrogens with zero attached hydrogens (tertiary/aromatic N) is 1. The van der Waals surface area contributed by atoms with Crippen molar-refractivity contribution in [2.75, 3.05) is 26.2 Å². The number of aliphatic hydroxyl groups is 1. The van der Waals surface area contributed by atoms with E-state index in [4.69, 9.17) is 0 Å². The molecule has 33 heavy (non-hydrogen) atoms. The van der Waals surface area contributed by atoms with Gasteiger partial charge in [-0.15, -0.1) is 0 Å². The molecule has 2 amide bonds. The lowest BCUT2D eigenvalue weighted by atomic mass is 10.0. The van der Waals surface area contributed by atoms with E-state index < -0.39 is 12.1 Å². The van der Waals surface area contributed by atoms with Gasteiger partial charge in [0, 0.05) is 36.9 Å². The van der Waals surface area contributed by atoms with Gasteiger partial charge in [-0.3, -0.25) is 9.59 Å². The van der Waals surface area contributed by atoms with E-state index in [1.165, 1.54) is 0 Å². The summed E-state index contributed by atoms with van der Waals surface area (Å²) in [6.07, 6.45) is 3.92. The monoisotopic (exact) mass is 525 g/mol. The summed E-state index contributed by atoms with van der Waals surface area (Å²) in [5.41, 5.74) is 1.04. The molecular weight excluding hydrogens is 482 g/mol. The van der Waals surface area contributed by atoms with E-state index in [-0.39, 0.29) is 18.2 Å². The van der Waals surface area contributed by atoms with Gasteiger partial charge in [-0.2, -0.15) is 0 Å². The minimum Gasteiger partial charge on any atom is -0.390 e. The van der Waals surface area contributed by atoms with Gasteiger partial charge in [0.1, 0.15) is 0 Å². The molecule has 6 nitrogen and oxygen atoms in total. The predicted molar refractivity (Wildman–Crippen MR) is 139 cm³/mol. The highest BCUT2D eigenvalue weighted by molar-refractivity contribution is 9.10. The molecule has 0 spiro atoms. The topological polar surface area (TPSA) is 81.7 Å². The van der Waals surface area contributed by atoms with Gasteiger partial charge in [0.2, 0.25) is 11.8 Å². The fourth-order valence-electron chi connectivity index (χ4n) is 3.72. The highest BCUT2D eigenvalue weighted by atomic mass is 79.9. The maximum atomic E-state index is 12.7. The lowest BCUT2D eigenvalue weighted by Gasteiger charge is -2.25. The summed E-state index contributed by atoms with van der Waals surface area (Å²) in [5, 5.41) is 17.1. The minimum atomic E-state index is -0.702. The van der Waals surface area contributed by atoms with Gasteiger partial charge >= 0.3 is 0 Å². The first kappa shape index (κ1) is 29.6. The van der Waals surface area contributed by atoms with E-state index >= 15 is 0 Å². The quantitative estimate of drug-likeness (QED) is 0.265. The minimum absolute atomic E-state index is 0.117. The molecule has 0 aliphatic carbocycles. The molecule has 0 fully saturated rings. The second kappa shape index (κ2) is 17.1. The first-order chi connectivity index (χ1) is 15.8. The second-order valence-corrected chi connectivity index (χ2v) is 10.1. The van der Waals surface area contributed by atoms with Crippen LogP contribution in [0, 0.1) is 5.92 Å². The van der Waals surface area contributed by atoms with Crippen LogP contribution in [-0.4, -0.2) is 60.1 Å². The molecule has 0 heterocycles. The smallest absolute Gasteiger partial charge is 0.222 e. The van der Waals surface area contributed by atoms with Crippen LogP contribution in [0.3, 0.4) is 0 Å². The molecule has 2 atom stereocenters. The molecule has 3 N–H and O–H groups in total. The Hall–Kier alpha value is -1.44. The Morgan fingerprint density at radius 2 is 1.82 bits per heavy atom. The zero-order valence-electron chi connectivity index (χ0n) is 20.9. The Kier molecular flexibility index (Phi) is 15.3. The van der Waals surface area contributed by atoms with Gasteiger partial charge in [0.25, 0.3) is 0 Å². The van der Waals surface area contributed by atoms with E-state index in [0.29, 0.717) is 31.7 Å². The molecule has 0 aliphatic heterocycles. The van der Waals surface area contributed by atoms with Crippen molar-refractivity contribution in [2.24, 2.45) is 5.92 Å². The van der Waals surface area contributed by atoms with Gasteiger partial charge in [0.15, 0.2) is 0 Å². The number of rotatable bonds is 17. The standard InChI is InChI=1S/C26H44BrN3O3/c1-5-15-30(16-6-2)26(33)12-8-11-25(32)29-23(18-21-9-7-10-22(27)17-21)24(31)19-28-14-13-20(3)4/h7,9-10,17,20,23-24,28,31H,5-6,8,11-16,18-19H2,1-4H3,(H,29,32)/t23-,24+/m0/s1. The zero-order valence-corrected chi connectivity index (χ0v) is 22.5. The Morgan fingerprint density at radius 1 is 1.12 bits per heavy atom. The zero-order chi connectivity index (χ0) is 24.6. The number of nitrogens with one attached hydrogen (secondary N) is 2. The first-order valence-electron chi connectivity index (χ1n) is 12.5. The number of hydrogen-bond acceptors (Lipinski definition) is 4. The van der Waals surface area contributed by atoms with Crippen molar-refractivity contribution in [1.29, 1.82) is 0 Å². The van der Waals surface area contributed by atoms with Crippen molar-refractivity contribution >= 4 is 27.7 Å². The third kappa shape index (κ3) is 13.1. The highest BCUT2D eigenvalue weighted by Crippen LogP contribution is 2.15. The van der Waals surface area contributed by atoms with E-state index in [1.54, 1.807) is 0 Å². The van der Waals surface area contributed by atoms with Gasteiger partial charge in [-0.25, -0.2) is 0 Å². The van der Waals surface area contributed by atoms with Crippen LogP contribution < -0.4 is 10.6 Å². The highest BCUT2D eigenvalue weighted by Gasteiger charge is 2.22. The largest absolute Gasteiger partial charge is 0.390 e. The number of hydrogen-bond donors (Lipinski definition) is 3. The molecule has 1 rings (SSSR count). The van der Waals surface area contributed by atoms with Gasteiger partial charge in [0.05, 0.1) is 12.1 Å². The summed E-state index contributed by atoms with van der Waals surface area (Å²) in [6, 6.07) is 7.52. The van der Waals surface area contributed by atoms with Crippen molar-refractivity contribution in [3.63, 3.8) is 0 Å². The molecular formula is C26H44BrN3O3. The van der Waals surface area contributed by atoms with Crippen molar-refractivity contribution in [2.45, 2.75) is 84.8 Å². The second-order valence-electron chi connectivity index (χ2n) is 9.20. The van der Waals surface area contributed by atoms with Gasteiger partial charge in [-0.05, 0) is 62.3 Å². The maximum absolute atomic E-state index is 12.7. The third-order valence-electron chi connectivity index (χ3n) is 5.54. The average Bonchev–Trinajstić information content (AvgIpc) is 2.75. The molecule has 0 bridgehead atoms. The SMILES string of the molecule is CCCN(CCC)C(=O)CCCC(=O)N[C@@H](Cc1cccc(Br)c1)[C@H](O)CNCCC(C)C. The Morgan fingerprint density at radius 3 is 2.42 bits per heavy atom. The maximum Gasteiger partial charge on any atom is 0.222 e. The van der Waals surface area contributed by atoms with Crippen molar-refractivity contribution in [1.82, 2.24) is 15.5 Å². The van der Waals surface area contributed by atoms with Crippen LogP contribution in [0.15, 0.2) is 28.7 Å². The molecule has 0 saturated carbocycles. The summed E-state index contributed by atoms with van der Waals surface area (Å²) in [6.45, 7) is 11.3. The molecule has 1 aromatic carbocycles. The molecule has 1 aromatic rings. The van der Waals surface area contributed by atoms with Gasteiger partial charge < -0.3 is 20.6 Å². The number of carbonyl (C=O) groups is 2. The number of amides is 2. The van der Waals surface area contributed by atoms with Crippen LogP contribution in [-0.2, 0) is 16.0 Å². The molecule has 0 aromatic heterocycles. The summed E-state index contributed by atoms with van der Waals surface area (Å²) in [4.78, 5) is 27.0. The van der Waals surface area contributed by atoms with Crippen LogP contribution >= 0.6 is 15.9 Å². The normalized spacial score (nSPS) is 13.1. The summed E-state index contributed by atoms with van der Waals surface area (Å²) in [5.74, 6) is 0.591. The predicted octanol–water partition coefficient (Wildman–Crippen LogP) is 4.29. The van der Waals surface area contributed by atoms with Crippen molar-refractivity contribution in [3.8, 4) is 0 Å². The fraction of sp³-hybridized carbons (Fsp3) is 0.692. The molecule has 0 aliphatic rings. The van der Waals surface area contributed by atoms with Crippen LogP contribution in [0.4, 0.5) is 0 Å². The van der Waals surface area contributed by atoms with Crippen molar-refractivity contribution in [3.05, 3.63) is 34.3 Å². The Labute approximate surface area is 209 Å². The lowest BCUT2D eigenvalue weighted by molar-refractivity contribution is -0.131. The Bertz CT molecular complexity index is 693. The average molecular weight is 527 g/mol. The summed E-state index contributed by atoms with van der Waals surface area (Å²) in [7, 11) is 0. The number of halogens is 1. The molecule has 0 saturated heterocycles. The number of aliphatic hydroxyl groups excluding tert-OH is 1. The van der Waals surface area contributed by atoms with Crippen LogP contribution in [0.5, 0.6) is 0 Å². The van der Waals surface area contributed by atoms with Crippen LogP contribution in [0.2, 0.25) is 0 Å². The summed E-state index contributed by atoms with van der Waals surface area (Å²) < 4.78 is 0.969. The molecule has 0 radical (unpaired) electrons. The van der Waals surface area contributed by atoms with Gasteiger partial charge in [-0.1, -0.05) is 55.8 Å². The summed E-state index contributed by atoms with van der Waals surface area (Å²) >= 11 is 3.49. The molecule has 0 unspecified atom stereocenters. The third-order valence-corrected chi connectivity index (χ3v) is 6.03. The molecule has 188 valence electrons.